The van der Waals surface area contributed by atoms with E-state index >= 15 is 0 Å². The minimum Gasteiger partial charge on any atom is -0.497 e. The van der Waals surface area contributed by atoms with E-state index in [1.807, 2.05) is 13.8 Å². The molecule has 6 nitrogen and oxygen atoms in total. The molecular formula is C16H19N3O3S. The predicted molar refractivity (Wildman–Crippen MR) is 91.4 cm³/mol. The van der Waals surface area contributed by atoms with Gasteiger partial charge < -0.3 is 15.8 Å². The van der Waals surface area contributed by atoms with Gasteiger partial charge in [0.05, 0.1) is 12.0 Å². The van der Waals surface area contributed by atoms with Crippen molar-refractivity contribution in [1.29, 1.82) is 0 Å². The summed E-state index contributed by atoms with van der Waals surface area (Å²) in [5, 5.41) is 3.74. The minimum atomic E-state index is -0.634. The average molecular weight is 333 g/mol. The van der Waals surface area contributed by atoms with Gasteiger partial charge in [-0.3, -0.25) is 9.59 Å². The van der Waals surface area contributed by atoms with E-state index in [4.69, 9.17) is 10.5 Å². The van der Waals surface area contributed by atoms with E-state index < -0.39 is 5.91 Å². The summed E-state index contributed by atoms with van der Waals surface area (Å²) in [5.41, 5.74) is 6.69. The molecular weight excluding hydrogens is 314 g/mol. The molecule has 0 spiro atoms. The maximum atomic E-state index is 11.9. The van der Waals surface area contributed by atoms with E-state index in [1.54, 1.807) is 25.3 Å². The van der Waals surface area contributed by atoms with Crippen LogP contribution in [0, 0.1) is 0 Å². The van der Waals surface area contributed by atoms with Crippen molar-refractivity contribution >= 4 is 28.2 Å². The molecule has 2 rings (SSSR count). The van der Waals surface area contributed by atoms with Gasteiger partial charge in [0.15, 0.2) is 10.9 Å². The summed E-state index contributed by atoms with van der Waals surface area (Å²) < 4.78 is 5.22. The Morgan fingerprint density at radius 1 is 1.35 bits per heavy atom. The second-order valence-electron chi connectivity index (χ2n) is 5.33. The molecule has 0 bridgehead atoms. The molecule has 0 fully saturated rings. The van der Waals surface area contributed by atoms with Crippen molar-refractivity contribution in [2.45, 2.75) is 26.8 Å². The first-order valence-electron chi connectivity index (χ1n) is 7.10. The fraction of sp³-hybridized carbons (Fsp3) is 0.312. The Kier molecular flexibility index (Phi) is 5.00. The number of ketones is 1. The van der Waals surface area contributed by atoms with Crippen LogP contribution in [0.15, 0.2) is 18.2 Å². The van der Waals surface area contributed by atoms with Crippen LogP contribution in [-0.2, 0) is 0 Å². The number of ether oxygens (including phenoxy) is 1. The molecule has 7 heteroatoms. The molecule has 0 saturated carbocycles. The van der Waals surface area contributed by atoms with Crippen LogP contribution >= 0.6 is 11.3 Å². The molecule has 0 aliphatic rings. The zero-order valence-corrected chi connectivity index (χ0v) is 14.3. The smallest absolute Gasteiger partial charge is 0.268 e. The summed E-state index contributed by atoms with van der Waals surface area (Å²) >= 11 is 1.29. The Hall–Kier alpha value is -2.41. The van der Waals surface area contributed by atoms with Crippen molar-refractivity contribution in [1.82, 2.24) is 4.98 Å². The quantitative estimate of drug-likeness (QED) is 0.793. The van der Waals surface area contributed by atoms with Crippen LogP contribution in [0.3, 0.4) is 0 Å². The lowest BCUT2D eigenvalue weighted by Gasteiger charge is -2.08. The Morgan fingerprint density at radius 3 is 2.57 bits per heavy atom. The molecule has 0 unspecified atom stereocenters. The number of hydrogen-bond donors (Lipinski definition) is 2. The Bertz CT molecular complexity index is 753. The van der Waals surface area contributed by atoms with Crippen LogP contribution in [0.4, 0.5) is 5.13 Å². The first-order valence-corrected chi connectivity index (χ1v) is 7.91. The van der Waals surface area contributed by atoms with Gasteiger partial charge in [-0.05, 0) is 39.0 Å². The highest BCUT2D eigenvalue weighted by Gasteiger charge is 2.22. The topological polar surface area (TPSA) is 94.3 Å². The van der Waals surface area contributed by atoms with Crippen molar-refractivity contribution in [3.63, 3.8) is 0 Å². The van der Waals surface area contributed by atoms with Gasteiger partial charge in [0.2, 0.25) is 0 Å². The average Bonchev–Trinajstić information content (AvgIpc) is 2.89. The van der Waals surface area contributed by atoms with E-state index in [-0.39, 0.29) is 17.5 Å². The number of hydrogen-bond acceptors (Lipinski definition) is 6. The van der Waals surface area contributed by atoms with Gasteiger partial charge in [-0.15, -0.1) is 0 Å². The zero-order chi connectivity index (χ0) is 17.1. The van der Waals surface area contributed by atoms with Gasteiger partial charge in [0.1, 0.15) is 11.4 Å². The van der Waals surface area contributed by atoms with Crippen LogP contribution in [0.2, 0.25) is 0 Å². The standard InChI is InChI=1S/C16H19N3O3S/c1-8(2)18-16-19-13(15(17)21)14(23-16)12-7-10(22-4)5-6-11(12)9(3)20/h5-8H,1-4H3,(H2,17,21)(H,18,19). The van der Waals surface area contributed by atoms with Crippen LogP contribution in [0.5, 0.6) is 5.75 Å². The number of anilines is 1. The maximum absolute atomic E-state index is 11.9. The first-order chi connectivity index (χ1) is 10.8. The summed E-state index contributed by atoms with van der Waals surface area (Å²) in [5.74, 6) is -0.151. The molecule has 1 heterocycles. The number of nitrogens with two attached hydrogens (primary N) is 1. The lowest BCUT2D eigenvalue weighted by molar-refractivity contribution is 0.0992. The maximum Gasteiger partial charge on any atom is 0.268 e. The van der Waals surface area contributed by atoms with E-state index in [0.717, 1.165) is 0 Å². The second-order valence-corrected chi connectivity index (χ2v) is 6.33. The molecule has 0 aliphatic carbocycles. The van der Waals surface area contributed by atoms with Crippen molar-refractivity contribution < 1.29 is 14.3 Å². The van der Waals surface area contributed by atoms with Crippen LogP contribution < -0.4 is 15.8 Å². The number of carbonyl (C=O) groups excluding carboxylic acids is 2. The van der Waals surface area contributed by atoms with Gasteiger partial charge >= 0.3 is 0 Å². The predicted octanol–water partition coefficient (Wildman–Crippen LogP) is 2.94. The van der Waals surface area contributed by atoms with Crippen LogP contribution in [0.25, 0.3) is 10.4 Å². The number of carbonyl (C=O) groups is 2. The summed E-state index contributed by atoms with van der Waals surface area (Å²) in [6.45, 7) is 5.42. The molecule has 23 heavy (non-hydrogen) atoms. The fourth-order valence-electron chi connectivity index (χ4n) is 2.12. The fourth-order valence-corrected chi connectivity index (χ4v) is 3.27. The van der Waals surface area contributed by atoms with Gasteiger partial charge in [-0.2, -0.15) is 0 Å². The summed E-state index contributed by atoms with van der Waals surface area (Å²) in [7, 11) is 1.54. The van der Waals surface area contributed by atoms with Gasteiger partial charge in [-0.1, -0.05) is 11.3 Å². The van der Waals surface area contributed by atoms with Crippen molar-refractivity contribution in [3.8, 4) is 16.2 Å². The number of primary amides is 1. The lowest BCUT2D eigenvalue weighted by atomic mass is 10.0. The second kappa shape index (κ2) is 6.78. The number of aromatic nitrogens is 1. The van der Waals surface area contributed by atoms with Crippen LogP contribution in [-0.4, -0.2) is 29.8 Å². The third-order valence-corrected chi connectivity index (χ3v) is 4.14. The van der Waals surface area contributed by atoms with E-state index in [9.17, 15) is 9.59 Å². The van der Waals surface area contributed by atoms with Gasteiger partial charge in [0.25, 0.3) is 5.91 Å². The van der Waals surface area contributed by atoms with E-state index in [0.29, 0.717) is 26.9 Å². The molecule has 0 saturated heterocycles. The first kappa shape index (κ1) is 17.0. The number of amides is 1. The SMILES string of the molecule is COc1ccc(C(C)=O)c(-c2sc(NC(C)C)nc2C(N)=O)c1. The molecule has 2 aromatic rings. The summed E-state index contributed by atoms with van der Waals surface area (Å²) in [6, 6.07) is 5.26. The molecule has 122 valence electrons. The number of methoxy groups -OCH3 is 1. The third kappa shape index (κ3) is 3.68. The number of nitrogens with zero attached hydrogens (tertiary/aromatic N) is 1. The minimum absolute atomic E-state index is 0.107. The number of thiazole rings is 1. The monoisotopic (exact) mass is 333 g/mol. The Labute approximate surface area is 138 Å². The molecule has 1 aromatic heterocycles. The van der Waals surface area contributed by atoms with Crippen molar-refractivity contribution in [2.24, 2.45) is 5.73 Å². The Morgan fingerprint density at radius 2 is 2.04 bits per heavy atom. The number of nitrogens with one attached hydrogen (secondary N) is 1. The largest absolute Gasteiger partial charge is 0.497 e. The summed E-state index contributed by atoms with van der Waals surface area (Å²) in [4.78, 5) is 28.5. The van der Waals surface area contributed by atoms with Crippen molar-refractivity contribution in [3.05, 3.63) is 29.5 Å². The highest BCUT2D eigenvalue weighted by molar-refractivity contribution is 7.19. The van der Waals surface area contributed by atoms with E-state index in [1.165, 1.54) is 18.3 Å². The normalized spacial score (nSPS) is 10.7. The lowest BCUT2D eigenvalue weighted by Crippen LogP contribution is -2.14. The number of Topliss-reactive ketones (excluding diaryl/α,β-unsaturated/α-hetero) is 1. The van der Waals surface area contributed by atoms with Gasteiger partial charge in [-0.25, -0.2) is 4.98 Å². The van der Waals surface area contributed by atoms with Gasteiger partial charge in [0, 0.05) is 17.2 Å². The number of rotatable bonds is 6. The van der Waals surface area contributed by atoms with Crippen LogP contribution in [0.1, 0.15) is 41.6 Å². The molecule has 0 radical (unpaired) electrons. The molecule has 3 N–H and O–H groups in total. The molecule has 1 amide bonds. The molecule has 0 aliphatic heterocycles. The molecule has 1 aromatic carbocycles. The molecule has 0 atom stereocenters. The summed E-state index contributed by atoms with van der Waals surface area (Å²) in [6.07, 6.45) is 0. The van der Waals surface area contributed by atoms with E-state index in [2.05, 4.69) is 10.3 Å². The highest BCUT2D eigenvalue weighted by Crippen LogP contribution is 2.37. The Balaban J connectivity index is 2.66. The third-order valence-electron chi connectivity index (χ3n) is 3.12. The van der Waals surface area contributed by atoms with Crippen molar-refractivity contribution in [2.75, 3.05) is 12.4 Å². The number of benzene rings is 1. The zero-order valence-electron chi connectivity index (χ0n) is 13.5. The highest BCUT2D eigenvalue weighted by atomic mass is 32.1.